The lowest BCUT2D eigenvalue weighted by molar-refractivity contribution is -0.142. The Bertz CT molecular complexity index is 755. The maximum Gasteiger partial charge on any atom is 0.308 e. The van der Waals surface area contributed by atoms with Crippen LogP contribution < -0.4 is 9.64 Å². The first kappa shape index (κ1) is 14.2. The third kappa shape index (κ3) is 2.38. The average Bonchev–Trinajstić information content (AvgIpc) is 3.32. The van der Waals surface area contributed by atoms with Gasteiger partial charge >= 0.3 is 5.97 Å². The number of fused-ring (bicyclic) bond motifs is 1. The largest absolute Gasteiger partial charge is 0.496 e. The highest BCUT2D eigenvalue weighted by atomic mass is 16.5. The smallest absolute Gasteiger partial charge is 0.308 e. The summed E-state index contributed by atoms with van der Waals surface area (Å²) in [6, 6.07) is 5.71. The Kier molecular flexibility index (Phi) is 3.32. The molecule has 2 fully saturated rings. The van der Waals surface area contributed by atoms with Gasteiger partial charge in [-0.3, -0.25) is 4.79 Å². The molecule has 6 heteroatoms. The highest BCUT2D eigenvalue weighted by molar-refractivity contribution is 5.95. The zero-order valence-corrected chi connectivity index (χ0v) is 13.0. The first-order valence-corrected chi connectivity index (χ1v) is 7.94. The molecule has 4 rings (SSSR count). The Hall–Kier alpha value is -2.37. The zero-order valence-electron chi connectivity index (χ0n) is 13.0. The van der Waals surface area contributed by atoms with Crippen LogP contribution in [0.3, 0.4) is 0 Å². The van der Waals surface area contributed by atoms with Crippen LogP contribution in [0.15, 0.2) is 24.5 Å². The molecule has 1 aromatic heterocycles. The molecule has 1 saturated heterocycles. The number of nitrogens with zero attached hydrogens (tertiary/aromatic N) is 3. The number of carbonyl (C=O) groups is 1. The van der Waals surface area contributed by atoms with E-state index in [-0.39, 0.29) is 11.8 Å². The van der Waals surface area contributed by atoms with E-state index in [1.807, 2.05) is 18.2 Å². The van der Waals surface area contributed by atoms with Gasteiger partial charge in [-0.05, 0) is 36.8 Å². The van der Waals surface area contributed by atoms with Crippen LogP contribution in [0.5, 0.6) is 5.75 Å². The van der Waals surface area contributed by atoms with Crippen molar-refractivity contribution in [3.8, 4) is 5.75 Å². The fraction of sp³-hybridized carbons (Fsp3) is 0.471. The predicted molar refractivity (Wildman–Crippen MR) is 85.6 cm³/mol. The molecule has 0 spiro atoms. The molecule has 0 amide bonds. The van der Waals surface area contributed by atoms with E-state index in [0.717, 1.165) is 41.9 Å². The highest BCUT2D eigenvalue weighted by Gasteiger charge is 2.46. The fourth-order valence-corrected chi connectivity index (χ4v) is 3.74. The van der Waals surface area contributed by atoms with Gasteiger partial charge in [0.15, 0.2) is 0 Å². The van der Waals surface area contributed by atoms with Gasteiger partial charge in [0.05, 0.1) is 23.9 Å². The zero-order chi connectivity index (χ0) is 16.0. The number of carboxylic acids is 1. The lowest BCUT2D eigenvalue weighted by atomic mass is 9.92. The number of carboxylic acid groups (broad SMARTS) is 1. The van der Waals surface area contributed by atoms with E-state index < -0.39 is 5.97 Å². The summed E-state index contributed by atoms with van der Waals surface area (Å²) in [4.78, 5) is 22.5. The van der Waals surface area contributed by atoms with Gasteiger partial charge in [0.1, 0.15) is 17.9 Å². The minimum atomic E-state index is -0.699. The Balaban J connectivity index is 1.76. The molecule has 2 aliphatic rings. The number of anilines is 1. The summed E-state index contributed by atoms with van der Waals surface area (Å²) in [7, 11) is 1.63. The first-order chi connectivity index (χ1) is 11.2. The van der Waals surface area contributed by atoms with Crippen molar-refractivity contribution in [3.63, 3.8) is 0 Å². The van der Waals surface area contributed by atoms with Gasteiger partial charge in [0.2, 0.25) is 0 Å². The Morgan fingerprint density at radius 2 is 2.13 bits per heavy atom. The van der Waals surface area contributed by atoms with Gasteiger partial charge in [0, 0.05) is 13.1 Å². The molecule has 2 heterocycles. The second-order valence-electron chi connectivity index (χ2n) is 6.40. The SMILES string of the molecule is COc1cccc2ncnc(N3C[C@@H](C(=O)O)[C@H](C4CC4)C3)c12. The molecule has 1 aromatic carbocycles. The minimum Gasteiger partial charge on any atom is -0.496 e. The Morgan fingerprint density at radius 3 is 2.83 bits per heavy atom. The van der Waals surface area contributed by atoms with Crippen molar-refractivity contribution in [1.82, 2.24) is 9.97 Å². The van der Waals surface area contributed by atoms with Crippen LogP contribution in [0.2, 0.25) is 0 Å². The first-order valence-electron chi connectivity index (χ1n) is 7.94. The molecule has 1 aliphatic carbocycles. The molecular formula is C17H19N3O3. The van der Waals surface area contributed by atoms with E-state index in [2.05, 4.69) is 14.9 Å². The topological polar surface area (TPSA) is 75.6 Å². The number of benzene rings is 1. The van der Waals surface area contributed by atoms with Crippen molar-refractivity contribution in [2.24, 2.45) is 17.8 Å². The van der Waals surface area contributed by atoms with Crippen LogP contribution in [0.1, 0.15) is 12.8 Å². The lowest BCUT2D eigenvalue weighted by Gasteiger charge is -2.20. The van der Waals surface area contributed by atoms with Crippen molar-refractivity contribution in [3.05, 3.63) is 24.5 Å². The summed E-state index contributed by atoms with van der Waals surface area (Å²) in [6.45, 7) is 1.24. The molecule has 23 heavy (non-hydrogen) atoms. The standard InChI is InChI=1S/C17H19N3O3/c1-23-14-4-2-3-13-15(14)16(19-9-18-13)20-7-11(10-5-6-10)12(8-20)17(21)22/h2-4,9-12H,5-8H2,1H3,(H,21,22)/t11-,12+/m0/s1. The fourth-order valence-electron chi connectivity index (χ4n) is 3.74. The van der Waals surface area contributed by atoms with E-state index in [1.165, 1.54) is 6.33 Å². The number of rotatable bonds is 4. The molecule has 0 radical (unpaired) electrons. The number of methoxy groups -OCH3 is 1. The Morgan fingerprint density at radius 1 is 1.30 bits per heavy atom. The van der Waals surface area contributed by atoms with Crippen LogP contribution >= 0.6 is 0 Å². The second kappa shape index (κ2) is 5.37. The van der Waals surface area contributed by atoms with Gasteiger partial charge in [-0.2, -0.15) is 0 Å². The van der Waals surface area contributed by atoms with Crippen molar-refractivity contribution >= 4 is 22.7 Å². The van der Waals surface area contributed by atoms with E-state index in [0.29, 0.717) is 12.5 Å². The molecule has 1 saturated carbocycles. The van der Waals surface area contributed by atoms with E-state index in [4.69, 9.17) is 4.74 Å². The molecular weight excluding hydrogens is 294 g/mol. The monoisotopic (exact) mass is 313 g/mol. The third-order valence-corrected chi connectivity index (χ3v) is 5.03. The molecule has 0 bridgehead atoms. The van der Waals surface area contributed by atoms with Crippen LogP contribution in [0, 0.1) is 17.8 Å². The summed E-state index contributed by atoms with van der Waals surface area (Å²) in [6.07, 6.45) is 3.84. The van der Waals surface area contributed by atoms with Crippen molar-refractivity contribution < 1.29 is 14.6 Å². The summed E-state index contributed by atoms with van der Waals surface area (Å²) in [5, 5.41) is 10.4. The molecule has 2 atom stereocenters. The molecule has 0 unspecified atom stereocenters. The number of ether oxygens (including phenoxy) is 1. The highest BCUT2D eigenvalue weighted by Crippen LogP contribution is 2.45. The molecule has 6 nitrogen and oxygen atoms in total. The van der Waals surface area contributed by atoms with Crippen LogP contribution in [0.25, 0.3) is 10.9 Å². The summed E-state index contributed by atoms with van der Waals surface area (Å²) < 4.78 is 5.47. The normalized spacial score (nSPS) is 24.1. The average molecular weight is 313 g/mol. The van der Waals surface area contributed by atoms with Crippen LogP contribution in [0.4, 0.5) is 5.82 Å². The molecule has 2 aromatic rings. The number of aromatic nitrogens is 2. The van der Waals surface area contributed by atoms with Crippen LogP contribution in [-0.4, -0.2) is 41.2 Å². The Labute approximate surface area is 134 Å². The van der Waals surface area contributed by atoms with Crippen molar-refractivity contribution in [2.75, 3.05) is 25.1 Å². The van der Waals surface area contributed by atoms with Crippen molar-refractivity contribution in [2.45, 2.75) is 12.8 Å². The number of hydrogen-bond donors (Lipinski definition) is 1. The van der Waals surface area contributed by atoms with Gasteiger partial charge in [-0.15, -0.1) is 0 Å². The second-order valence-corrected chi connectivity index (χ2v) is 6.40. The lowest BCUT2D eigenvalue weighted by Crippen LogP contribution is -2.24. The van der Waals surface area contributed by atoms with Gasteiger partial charge in [-0.1, -0.05) is 6.07 Å². The quantitative estimate of drug-likeness (QED) is 0.932. The number of aliphatic carboxylic acids is 1. The van der Waals surface area contributed by atoms with Gasteiger partial charge in [-0.25, -0.2) is 9.97 Å². The number of hydrogen-bond acceptors (Lipinski definition) is 5. The summed E-state index contributed by atoms with van der Waals surface area (Å²) >= 11 is 0. The van der Waals surface area contributed by atoms with Crippen LogP contribution in [-0.2, 0) is 4.79 Å². The summed E-state index contributed by atoms with van der Waals surface area (Å²) in [5.41, 5.74) is 0.816. The van der Waals surface area contributed by atoms with Gasteiger partial charge < -0.3 is 14.7 Å². The molecule has 1 N–H and O–H groups in total. The van der Waals surface area contributed by atoms with E-state index in [1.54, 1.807) is 7.11 Å². The predicted octanol–water partition coefficient (Wildman–Crippen LogP) is 2.19. The summed E-state index contributed by atoms with van der Waals surface area (Å²) in [5.74, 6) is 1.25. The van der Waals surface area contributed by atoms with Gasteiger partial charge in [0.25, 0.3) is 0 Å². The maximum absolute atomic E-state index is 11.6. The van der Waals surface area contributed by atoms with E-state index >= 15 is 0 Å². The maximum atomic E-state index is 11.6. The third-order valence-electron chi connectivity index (χ3n) is 5.03. The minimum absolute atomic E-state index is 0.215. The molecule has 1 aliphatic heterocycles. The molecule has 120 valence electrons. The van der Waals surface area contributed by atoms with Crippen molar-refractivity contribution in [1.29, 1.82) is 0 Å². The van der Waals surface area contributed by atoms with E-state index in [9.17, 15) is 9.90 Å².